The number of hydrogen-bond donors (Lipinski definition) is 1. The Labute approximate surface area is 93.0 Å². The van der Waals surface area contributed by atoms with E-state index in [4.69, 9.17) is 35.4 Å². The SMILES string of the molecule is S=C(NCCCl)c1ccc(Cl)cc1. The molecule has 0 unspecified atom stereocenters. The highest BCUT2D eigenvalue weighted by atomic mass is 35.5. The summed E-state index contributed by atoms with van der Waals surface area (Å²) in [5.41, 5.74) is 0.963. The molecule has 1 nitrogen and oxygen atoms in total. The van der Waals surface area contributed by atoms with Gasteiger partial charge in [-0.05, 0) is 12.1 Å². The number of nitrogens with one attached hydrogen (secondary N) is 1. The second kappa shape index (κ2) is 5.43. The number of alkyl halides is 1. The van der Waals surface area contributed by atoms with Crippen molar-refractivity contribution in [3.8, 4) is 0 Å². The first kappa shape index (κ1) is 10.8. The number of halogens is 2. The van der Waals surface area contributed by atoms with Gasteiger partial charge in [-0.3, -0.25) is 0 Å². The van der Waals surface area contributed by atoms with Gasteiger partial charge in [0.05, 0.1) is 0 Å². The minimum Gasteiger partial charge on any atom is -0.375 e. The molecule has 0 atom stereocenters. The zero-order chi connectivity index (χ0) is 9.68. The maximum absolute atomic E-state index is 5.74. The summed E-state index contributed by atoms with van der Waals surface area (Å²) in [5.74, 6) is 0.549. The third-order valence-electron chi connectivity index (χ3n) is 1.49. The Kier molecular flexibility index (Phi) is 4.50. The fourth-order valence-corrected chi connectivity index (χ4v) is 1.32. The van der Waals surface area contributed by atoms with Gasteiger partial charge in [0.1, 0.15) is 4.99 Å². The van der Waals surface area contributed by atoms with E-state index in [0.717, 1.165) is 5.56 Å². The molecule has 0 amide bonds. The Morgan fingerprint density at radius 2 is 1.92 bits per heavy atom. The van der Waals surface area contributed by atoms with Crippen molar-refractivity contribution in [1.29, 1.82) is 0 Å². The molecule has 13 heavy (non-hydrogen) atoms. The fraction of sp³-hybridized carbons (Fsp3) is 0.222. The van der Waals surface area contributed by atoms with Gasteiger partial charge in [0, 0.05) is 23.0 Å². The lowest BCUT2D eigenvalue weighted by molar-refractivity contribution is 0.989. The van der Waals surface area contributed by atoms with Crippen LogP contribution < -0.4 is 5.32 Å². The van der Waals surface area contributed by atoms with Gasteiger partial charge in [-0.15, -0.1) is 11.6 Å². The highest BCUT2D eigenvalue weighted by molar-refractivity contribution is 7.80. The lowest BCUT2D eigenvalue weighted by Crippen LogP contribution is -2.24. The third kappa shape index (κ3) is 3.51. The van der Waals surface area contributed by atoms with Crippen LogP contribution in [0.5, 0.6) is 0 Å². The molecule has 70 valence electrons. The van der Waals surface area contributed by atoms with Gasteiger partial charge < -0.3 is 5.32 Å². The number of rotatable bonds is 3. The van der Waals surface area contributed by atoms with Crippen LogP contribution in [-0.4, -0.2) is 17.4 Å². The molecule has 0 aliphatic rings. The Bertz CT molecular complexity index is 284. The van der Waals surface area contributed by atoms with Crippen LogP contribution >= 0.6 is 35.4 Å². The van der Waals surface area contributed by atoms with E-state index >= 15 is 0 Å². The van der Waals surface area contributed by atoms with Crippen molar-refractivity contribution in [2.75, 3.05) is 12.4 Å². The molecule has 1 aromatic rings. The normalized spacial score (nSPS) is 9.69. The van der Waals surface area contributed by atoms with Crippen molar-refractivity contribution in [3.63, 3.8) is 0 Å². The Morgan fingerprint density at radius 3 is 2.46 bits per heavy atom. The van der Waals surface area contributed by atoms with Crippen molar-refractivity contribution < 1.29 is 0 Å². The standard InChI is InChI=1S/C9H9Cl2NS/c10-5-6-12-9(13)7-1-3-8(11)4-2-7/h1-4H,5-6H2,(H,12,13). The molecule has 0 saturated heterocycles. The molecule has 0 saturated carbocycles. The molecule has 1 aromatic carbocycles. The third-order valence-corrected chi connectivity index (χ3v) is 2.31. The highest BCUT2D eigenvalue weighted by Gasteiger charge is 1.98. The minimum absolute atomic E-state index is 0.549. The summed E-state index contributed by atoms with van der Waals surface area (Å²) < 4.78 is 0. The minimum atomic E-state index is 0.549. The summed E-state index contributed by atoms with van der Waals surface area (Å²) in [6, 6.07) is 7.38. The second-order valence-electron chi connectivity index (χ2n) is 2.45. The molecular weight excluding hydrogens is 225 g/mol. The topological polar surface area (TPSA) is 12.0 Å². The summed E-state index contributed by atoms with van der Waals surface area (Å²) in [6.45, 7) is 0.684. The first-order valence-electron chi connectivity index (χ1n) is 3.84. The van der Waals surface area contributed by atoms with Gasteiger partial charge in [-0.1, -0.05) is 36.0 Å². The Hall–Kier alpha value is -0.310. The van der Waals surface area contributed by atoms with Crippen LogP contribution in [0.2, 0.25) is 5.02 Å². The first-order valence-corrected chi connectivity index (χ1v) is 5.16. The molecule has 0 fully saturated rings. The quantitative estimate of drug-likeness (QED) is 0.637. The second-order valence-corrected chi connectivity index (χ2v) is 3.67. The van der Waals surface area contributed by atoms with E-state index in [-0.39, 0.29) is 0 Å². The summed E-state index contributed by atoms with van der Waals surface area (Å²) in [6.07, 6.45) is 0. The van der Waals surface area contributed by atoms with Gasteiger partial charge >= 0.3 is 0 Å². The molecule has 0 spiro atoms. The summed E-state index contributed by atoms with van der Waals surface area (Å²) in [7, 11) is 0. The van der Waals surface area contributed by atoms with Crippen LogP contribution in [0.3, 0.4) is 0 Å². The summed E-state index contributed by atoms with van der Waals surface area (Å²) in [4.78, 5) is 0.706. The van der Waals surface area contributed by atoms with Gasteiger partial charge in [-0.25, -0.2) is 0 Å². The molecule has 0 aromatic heterocycles. The maximum atomic E-state index is 5.74. The van der Waals surface area contributed by atoms with Crippen LogP contribution in [0.15, 0.2) is 24.3 Å². The largest absolute Gasteiger partial charge is 0.375 e. The predicted octanol–water partition coefficient (Wildman–Crippen LogP) is 2.84. The molecule has 0 aliphatic heterocycles. The number of thiocarbonyl (C=S) groups is 1. The zero-order valence-electron chi connectivity index (χ0n) is 6.89. The maximum Gasteiger partial charge on any atom is 0.106 e. The average molecular weight is 234 g/mol. The van der Waals surface area contributed by atoms with Crippen LogP contribution in [-0.2, 0) is 0 Å². The molecule has 0 aliphatic carbocycles. The molecule has 0 bridgehead atoms. The van der Waals surface area contributed by atoms with Crippen LogP contribution in [0, 0.1) is 0 Å². The van der Waals surface area contributed by atoms with Gasteiger partial charge in [0.2, 0.25) is 0 Å². The Morgan fingerprint density at radius 1 is 1.31 bits per heavy atom. The van der Waals surface area contributed by atoms with Gasteiger partial charge in [0.25, 0.3) is 0 Å². The number of hydrogen-bond acceptors (Lipinski definition) is 1. The lowest BCUT2D eigenvalue weighted by atomic mass is 10.2. The Balaban J connectivity index is 2.61. The highest BCUT2D eigenvalue weighted by Crippen LogP contribution is 2.09. The fourth-order valence-electron chi connectivity index (χ4n) is 0.864. The van der Waals surface area contributed by atoms with E-state index in [1.807, 2.05) is 24.3 Å². The van der Waals surface area contributed by atoms with Crippen molar-refractivity contribution in [1.82, 2.24) is 5.32 Å². The smallest absolute Gasteiger partial charge is 0.106 e. The van der Waals surface area contributed by atoms with E-state index in [1.165, 1.54) is 0 Å². The molecule has 0 heterocycles. The molecule has 1 rings (SSSR count). The van der Waals surface area contributed by atoms with Crippen LogP contribution in [0.1, 0.15) is 5.56 Å². The summed E-state index contributed by atoms with van der Waals surface area (Å²) in [5, 5.41) is 3.74. The molecule has 0 radical (unpaired) electrons. The monoisotopic (exact) mass is 233 g/mol. The molecule has 1 N–H and O–H groups in total. The van der Waals surface area contributed by atoms with Crippen molar-refractivity contribution >= 4 is 40.4 Å². The van der Waals surface area contributed by atoms with E-state index < -0.39 is 0 Å². The van der Waals surface area contributed by atoms with E-state index in [2.05, 4.69) is 5.32 Å². The van der Waals surface area contributed by atoms with Crippen molar-refractivity contribution in [2.45, 2.75) is 0 Å². The lowest BCUT2D eigenvalue weighted by Gasteiger charge is -2.05. The average Bonchev–Trinajstić information content (AvgIpc) is 2.15. The predicted molar refractivity (Wildman–Crippen MR) is 61.9 cm³/mol. The zero-order valence-corrected chi connectivity index (χ0v) is 9.22. The van der Waals surface area contributed by atoms with E-state index in [1.54, 1.807) is 0 Å². The van der Waals surface area contributed by atoms with Crippen LogP contribution in [0.4, 0.5) is 0 Å². The van der Waals surface area contributed by atoms with Crippen molar-refractivity contribution in [3.05, 3.63) is 34.9 Å². The molecule has 4 heteroatoms. The summed E-state index contributed by atoms with van der Waals surface area (Å²) >= 11 is 16.4. The molecular formula is C9H9Cl2NS. The number of benzene rings is 1. The van der Waals surface area contributed by atoms with Gasteiger partial charge in [0.15, 0.2) is 0 Å². The van der Waals surface area contributed by atoms with Crippen LogP contribution in [0.25, 0.3) is 0 Å². The van der Waals surface area contributed by atoms with E-state index in [9.17, 15) is 0 Å². The first-order chi connectivity index (χ1) is 6.24. The van der Waals surface area contributed by atoms with E-state index in [0.29, 0.717) is 22.4 Å². The van der Waals surface area contributed by atoms with Crippen molar-refractivity contribution in [2.24, 2.45) is 0 Å². The van der Waals surface area contributed by atoms with Gasteiger partial charge in [-0.2, -0.15) is 0 Å².